The maximum absolute atomic E-state index is 12.2. The van der Waals surface area contributed by atoms with Gasteiger partial charge in [0, 0.05) is 57.6 Å². The summed E-state index contributed by atoms with van der Waals surface area (Å²) in [6.45, 7) is 9.34. The number of nitrogens with zero attached hydrogens (tertiary/aromatic N) is 4. The number of nitrogens with one attached hydrogen (secondary N) is 1. The summed E-state index contributed by atoms with van der Waals surface area (Å²) in [5.74, 6) is 0.773. The fourth-order valence-corrected chi connectivity index (χ4v) is 5.76. The lowest BCUT2D eigenvalue weighted by Gasteiger charge is -2.36. The number of rotatable bonds is 11. The Morgan fingerprint density at radius 1 is 0.841 bits per heavy atom. The second-order valence-electron chi connectivity index (χ2n) is 11.6. The normalized spacial score (nSPS) is 20.4. The molecule has 3 aliphatic heterocycles. The lowest BCUT2D eigenvalue weighted by atomic mass is 10.2. The van der Waals surface area contributed by atoms with Crippen molar-refractivity contribution in [2.45, 2.75) is 58.0 Å². The van der Waals surface area contributed by atoms with Gasteiger partial charge in [0.05, 0.1) is 12.2 Å². The molecule has 0 radical (unpaired) electrons. The van der Waals surface area contributed by atoms with Gasteiger partial charge in [0.25, 0.3) is 0 Å². The average molecular weight is 608 g/mol. The molecule has 44 heavy (non-hydrogen) atoms. The van der Waals surface area contributed by atoms with Gasteiger partial charge in [-0.1, -0.05) is 30.3 Å². The Kier molecular flexibility index (Phi) is 12.0. The molecule has 0 saturated carbocycles. The quantitative estimate of drug-likeness (QED) is 0.374. The van der Waals surface area contributed by atoms with Crippen LogP contribution in [0.3, 0.4) is 0 Å². The lowest BCUT2D eigenvalue weighted by Crippen LogP contribution is -2.47. The van der Waals surface area contributed by atoms with E-state index in [1.165, 1.54) is 4.90 Å². The molecule has 5 rings (SSSR count). The number of aliphatic carboxylic acids is 1. The van der Waals surface area contributed by atoms with Crippen LogP contribution in [0.5, 0.6) is 11.5 Å². The van der Waals surface area contributed by atoms with Crippen molar-refractivity contribution in [3.63, 3.8) is 0 Å². The molecule has 0 aromatic heterocycles. The number of carbonyl (C=O) groups excluding carboxylic acids is 3. The topological polar surface area (TPSA) is 123 Å². The van der Waals surface area contributed by atoms with Gasteiger partial charge in [0.15, 0.2) is 5.75 Å². The van der Waals surface area contributed by atoms with Gasteiger partial charge in [-0.05, 0) is 63.9 Å². The van der Waals surface area contributed by atoms with Crippen molar-refractivity contribution in [3.8, 4) is 11.5 Å². The number of hydrogen-bond acceptors (Lipinski definition) is 7. The van der Waals surface area contributed by atoms with Crippen LogP contribution in [0.25, 0.3) is 0 Å². The fraction of sp³-hybridized carbons (Fsp3) is 0.515. The minimum absolute atomic E-state index is 0.0418. The van der Waals surface area contributed by atoms with Crippen molar-refractivity contribution in [2.75, 3.05) is 57.3 Å². The first-order valence-corrected chi connectivity index (χ1v) is 15.6. The Morgan fingerprint density at radius 2 is 1.43 bits per heavy atom. The average Bonchev–Trinajstić information content (AvgIpc) is 3.51. The highest BCUT2D eigenvalue weighted by Crippen LogP contribution is 2.32. The summed E-state index contributed by atoms with van der Waals surface area (Å²) in [4.78, 5) is 53.1. The predicted octanol–water partition coefficient (Wildman–Crippen LogP) is 3.20. The van der Waals surface area contributed by atoms with Crippen molar-refractivity contribution in [1.82, 2.24) is 20.0 Å². The van der Waals surface area contributed by atoms with E-state index in [0.29, 0.717) is 19.4 Å². The van der Waals surface area contributed by atoms with Crippen LogP contribution in [0.4, 0.5) is 5.69 Å². The third-order valence-corrected chi connectivity index (χ3v) is 8.40. The minimum atomic E-state index is -0.938. The summed E-state index contributed by atoms with van der Waals surface area (Å²) in [6.07, 6.45) is 3.59. The largest absolute Gasteiger partial charge is 0.480 e. The highest BCUT2D eigenvalue weighted by molar-refractivity contribution is 5.86. The number of hydrogen-bond donors (Lipinski definition) is 2. The molecule has 2 N–H and O–H groups in total. The summed E-state index contributed by atoms with van der Waals surface area (Å²) < 4.78 is 6.13. The second-order valence-corrected chi connectivity index (χ2v) is 11.6. The van der Waals surface area contributed by atoms with Crippen LogP contribution in [0.1, 0.15) is 46.0 Å². The number of carbonyl (C=O) groups is 4. The predicted molar refractivity (Wildman–Crippen MR) is 168 cm³/mol. The molecule has 0 spiro atoms. The monoisotopic (exact) mass is 607 g/mol. The van der Waals surface area contributed by atoms with Gasteiger partial charge >= 0.3 is 5.97 Å². The number of carboxylic acid groups (broad SMARTS) is 1. The van der Waals surface area contributed by atoms with Crippen LogP contribution < -0.4 is 15.0 Å². The standard InChI is InChI=1S/C26H34N4O3.C7H11NO3/c1-21-12-13-26(32)30(21)20-25(31)27-14-7-15-28-16-18-29(19-17-28)23-10-5-6-11-24(23)33-22-8-3-2-4-9-22;1-5-2-3-6(9)8(5)4-7(10)11/h2-6,8-11,21H,7,12-20H2,1H3,(H,27,31);5H,2-4H2,1H3,(H,10,11). The van der Waals surface area contributed by atoms with E-state index >= 15 is 0 Å². The molecule has 11 heteroatoms. The molecule has 3 saturated heterocycles. The highest BCUT2D eigenvalue weighted by Gasteiger charge is 2.29. The van der Waals surface area contributed by atoms with E-state index < -0.39 is 5.97 Å². The first-order chi connectivity index (χ1) is 21.2. The van der Waals surface area contributed by atoms with Crippen molar-refractivity contribution in [2.24, 2.45) is 0 Å². The molecule has 0 aliphatic carbocycles. The molecule has 238 valence electrons. The molecule has 0 bridgehead atoms. The zero-order valence-corrected chi connectivity index (χ0v) is 25.8. The Labute approximate surface area is 259 Å². The highest BCUT2D eigenvalue weighted by atomic mass is 16.5. The number of para-hydroxylation sites is 3. The van der Waals surface area contributed by atoms with Crippen LogP contribution in [0, 0.1) is 0 Å². The first kappa shape index (κ1) is 32.8. The SMILES string of the molecule is CC1CCC(=O)N1CC(=O)NCCCN1CCN(c2ccccc2Oc2ccccc2)CC1.CC1CCC(=O)N1CC(=O)O. The molecular formula is C33H45N5O6. The summed E-state index contributed by atoms with van der Waals surface area (Å²) >= 11 is 0. The van der Waals surface area contributed by atoms with Gasteiger partial charge < -0.3 is 29.9 Å². The third-order valence-electron chi connectivity index (χ3n) is 8.40. The third kappa shape index (κ3) is 9.44. The van der Waals surface area contributed by atoms with E-state index in [4.69, 9.17) is 9.84 Å². The van der Waals surface area contributed by atoms with Crippen molar-refractivity contribution in [1.29, 1.82) is 0 Å². The van der Waals surface area contributed by atoms with Crippen LogP contribution in [-0.2, 0) is 19.2 Å². The molecular weight excluding hydrogens is 562 g/mol. The molecule has 2 aromatic rings. The summed E-state index contributed by atoms with van der Waals surface area (Å²) in [7, 11) is 0. The zero-order chi connectivity index (χ0) is 31.5. The van der Waals surface area contributed by atoms with Gasteiger partial charge in [-0.2, -0.15) is 0 Å². The Morgan fingerprint density at radius 3 is 2.02 bits per heavy atom. The maximum atomic E-state index is 12.2. The van der Waals surface area contributed by atoms with E-state index in [9.17, 15) is 19.2 Å². The van der Waals surface area contributed by atoms with E-state index in [1.54, 1.807) is 4.90 Å². The number of carboxylic acids is 1. The molecule has 3 amide bonds. The zero-order valence-electron chi connectivity index (χ0n) is 25.8. The fourth-order valence-electron chi connectivity index (χ4n) is 5.76. The number of likely N-dealkylation sites (tertiary alicyclic amines) is 2. The molecule has 3 fully saturated rings. The number of anilines is 1. The Bertz CT molecular complexity index is 1270. The van der Waals surface area contributed by atoms with E-state index in [1.807, 2.05) is 56.3 Å². The van der Waals surface area contributed by atoms with Crippen LogP contribution in [0.2, 0.25) is 0 Å². The van der Waals surface area contributed by atoms with Crippen molar-refractivity contribution in [3.05, 3.63) is 54.6 Å². The number of benzene rings is 2. The molecule has 2 aromatic carbocycles. The van der Waals surface area contributed by atoms with Crippen LogP contribution >= 0.6 is 0 Å². The maximum Gasteiger partial charge on any atom is 0.323 e. The number of ether oxygens (including phenoxy) is 1. The van der Waals surface area contributed by atoms with E-state index in [0.717, 1.165) is 69.2 Å². The Balaban J connectivity index is 0.000000339. The Hall–Kier alpha value is -4.12. The summed E-state index contributed by atoms with van der Waals surface area (Å²) in [6, 6.07) is 18.3. The van der Waals surface area contributed by atoms with E-state index in [2.05, 4.69) is 27.2 Å². The molecule has 3 aliphatic rings. The smallest absolute Gasteiger partial charge is 0.323 e. The minimum Gasteiger partial charge on any atom is -0.480 e. The molecule has 2 atom stereocenters. The van der Waals surface area contributed by atoms with Gasteiger partial charge in [-0.25, -0.2) is 0 Å². The van der Waals surface area contributed by atoms with Gasteiger partial charge in [-0.15, -0.1) is 0 Å². The van der Waals surface area contributed by atoms with Crippen LogP contribution in [0.15, 0.2) is 54.6 Å². The molecule has 2 unspecified atom stereocenters. The van der Waals surface area contributed by atoms with Gasteiger partial charge in [0.1, 0.15) is 12.3 Å². The molecule has 11 nitrogen and oxygen atoms in total. The molecule has 3 heterocycles. The summed E-state index contributed by atoms with van der Waals surface area (Å²) in [5.41, 5.74) is 1.12. The van der Waals surface area contributed by atoms with Gasteiger partial charge in [-0.3, -0.25) is 24.1 Å². The van der Waals surface area contributed by atoms with Crippen LogP contribution in [-0.4, -0.2) is 108 Å². The second kappa shape index (κ2) is 16.1. The van der Waals surface area contributed by atoms with E-state index in [-0.39, 0.29) is 42.9 Å². The summed E-state index contributed by atoms with van der Waals surface area (Å²) in [5, 5.41) is 11.4. The first-order valence-electron chi connectivity index (χ1n) is 15.6. The van der Waals surface area contributed by atoms with Crippen molar-refractivity contribution >= 4 is 29.4 Å². The van der Waals surface area contributed by atoms with Crippen molar-refractivity contribution < 1.29 is 29.0 Å². The van der Waals surface area contributed by atoms with Gasteiger partial charge in [0.2, 0.25) is 17.7 Å². The number of amides is 3. The number of piperazine rings is 1. The lowest BCUT2D eigenvalue weighted by molar-refractivity contribution is -0.143.